The predicted molar refractivity (Wildman–Crippen MR) is 122 cm³/mol. The molecule has 1 aliphatic rings. The minimum atomic E-state index is -4.70. The molecule has 3 rings (SSSR count). The maximum Gasteiger partial charge on any atom is 0.407 e. The number of hydrogen-bond donors (Lipinski definition) is 3. The molecule has 0 saturated carbocycles. The van der Waals surface area contributed by atoms with Gasteiger partial charge in [0.05, 0.1) is 6.42 Å². The number of benzene rings is 2. The summed E-state index contributed by atoms with van der Waals surface area (Å²) in [5, 5.41) is 13.1. The first kappa shape index (κ1) is 26.1. The predicted octanol–water partition coefficient (Wildman–Crippen LogP) is 4.46. The van der Waals surface area contributed by atoms with Crippen molar-refractivity contribution in [3.05, 3.63) is 59.7 Å². The molecule has 0 aliphatic heterocycles. The van der Waals surface area contributed by atoms with E-state index < -0.39 is 36.6 Å². The minimum absolute atomic E-state index is 0.0210. The molecule has 0 saturated heterocycles. The summed E-state index contributed by atoms with van der Waals surface area (Å²) >= 11 is 0. The number of fused-ring (bicyclic) bond motifs is 3. The van der Waals surface area contributed by atoms with E-state index in [2.05, 4.69) is 5.32 Å². The summed E-state index contributed by atoms with van der Waals surface area (Å²) < 4.78 is 44.4. The average Bonchev–Trinajstić information content (AvgIpc) is 3.12. The zero-order valence-electron chi connectivity index (χ0n) is 19.1. The van der Waals surface area contributed by atoms with Crippen LogP contribution in [0.2, 0.25) is 0 Å². The van der Waals surface area contributed by atoms with Crippen LogP contribution in [0.3, 0.4) is 0 Å². The standard InChI is InChI=1S/C25H27F3N2O5/c1-15(10-11-22(31)32)13-29-23(33)21(12-25(26,27)28)30-24(34)35-14-20-18-8-4-2-6-16(18)17-7-3-5-9-19(17)20/h2-9,15,20-21H,10-14H2,1H3,(H,29,33)(H,30,34)(H,31,32). The van der Waals surface area contributed by atoms with E-state index in [4.69, 9.17) is 9.84 Å². The van der Waals surface area contributed by atoms with Crippen molar-refractivity contribution in [3.63, 3.8) is 0 Å². The Bertz CT molecular complexity index is 1030. The molecule has 0 fully saturated rings. The zero-order valence-corrected chi connectivity index (χ0v) is 19.1. The molecular weight excluding hydrogens is 465 g/mol. The number of nitrogens with one attached hydrogen (secondary N) is 2. The average molecular weight is 492 g/mol. The number of alkyl halides is 3. The molecule has 2 atom stereocenters. The van der Waals surface area contributed by atoms with Crippen LogP contribution < -0.4 is 10.6 Å². The first-order valence-electron chi connectivity index (χ1n) is 11.2. The number of rotatable bonds is 10. The molecule has 2 unspecified atom stereocenters. The summed E-state index contributed by atoms with van der Waals surface area (Å²) in [6, 6.07) is 13.4. The fourth-order valence-electron chi connectivity index (χ4n) is 4.09. The Morgan fingerprint density at radius 1 is 1.03 bits per heavy atom. The summed E-state index contributed by atoms with van der Waals surface area (Å²) in [5.74, 6) is -2.57. The molecule has 2 aromatic carbocycles. The van der Waals surface area contributed by atoms with Crippen LogP contribution in [0.5, 0.6) is 0 Å². The number of carbonyl (C=O) groups excluding carboxylic acids is 2. The molecule has 10 heteroatoms. The van der Waals surface area contributed by atoms with E-state index in [-0.39, 0.29) is 37.8 Å². The highest BCUT2D eigenvalue weighted by Crippen LogP contribution is 2.44. The van der Waals surface area contributed by atoms with Crippen LogP contribution >= 0.6 is 0 Å². The first-order chi connectivity index (χ1) is 16.5. The van der Waals surface area contributed by atoms with Gasteiger partial charge in [-0.25, -0.2) is 4.79 Å². The van der Waals surface area contributed by atoms with Crippen molar-refractivity contribution in [1.82, 2.24) is 10.6 Å². The lowest BCUT2D eigenvalue weighted by Gasteiger charge is -2.21. The first-order valence-corrected chi connectivity index (χ1v) is 11.2. The van der Waals surface area contributed by atoms with Crippen LogP contribution in [0, 0.1) is 5.92 Å². The zero-order chi connectivity index (χ0) is 25.6. The Hall–Kier alpha value is -3.56. The van der Waals surface area contributed by atoms with Gasteiger partial charge in [0.25, 0.3) is 0 Å². The number of hydrogen-bond acceptors (Lipinski definition) is 4. The third kappa shape index (κ3) is 7.21. The lowest BCUT2D eigenvalue weighted by molar-refractivity contribution is -0.149. The number of carboxylic acids is 1. The molecule has 0 radical (unpaired) electrons. The van der Waals surface area contributed by atoms with E-state index in [0.29, 0.717) is 0 Å². The molecule has 0 heterocycles. The van der Waals surface area contributed by atoms with Gasteiger partial charge in [-0.15, -0.1) is 0 Å². The summed E-state index contributed by atoms with van der Waals surface area (Å²) in [6.07, 6.45) is -7.27. The number of ether oxygens (including phenoxy) is 1. The molecule has 35 heavy (non-hydrogen) atoms. The number of halogens is 3. The van der Waals surface area contributed by atoms with E-state index in [0.717, 1.165) is 22.3 Å². The highest BCUT2D eigenvalue weighted by Gasteiger charge is 2.37. The van der Waals surface area contributed by atoms with Crippen molar-refractivity contribution in [1.29, 1.82) is 0 Å². The van der Waals surface area contributed by atoms with Gasteiger partial charge < -0.3 is 20.5 Å². The van der Waals surface area contributed by atoms with E-state index in [1.807, 2.05) is 53.8 Å². The monoisotopic (exact) mass is 492 g/mol. The molecule has 0 spiro atoms. The molecule has 2 aromatic rings. The van der Waals surface area contributed by atoms with Crippen LogP contribution in [-0.4, -0.2) is 48.4 Å². The summed E-state index contributed by atoms with van der Waals surface area (Å²) in [5.41, 5.74) is 3.90. The van der Waals surface area contributed by atoms with Gasteiger partial charge in [0, 0.05) is 18.9 Å². The minimum Gasteiger partial charge on any atom is -0.481 e. The van der Waals surface area contributed by atoms with E-state index in [9.17, 15) is 27.6 Å². The Kier molecular flexibility index (Phi) is 8.37. The lowest BCUT2D eigenvalue weighted by Crippen LogP contribution is -2.49. The van der Waals surface area contributed by atoms with Gasteiger partial charge >= 0.3 is 18.2 Å². The van der Waals surface area contributed by atoms with Gasteiger partial charge in [0.2, 0.25) is 5.91 Å². The normalized spacial score (nSPS) is 14.4. The quantitative estimate of drug-likeness (QED) is 0.454. The smallest absolute Gasteiger partial charge is 0.407 e. The van der Waals surface area contributed by atoms with Crippen LogP contribution in [0.15, 0.2) is 48.5 Å². The number of alkyl carbamates (subject to hydrolysis) is 1. The van der Waals surface area contributed by atoms with Crippen molar-refractivity contribution < 1.29 is 37.4 Å². The second-order valence-corrected chi connectivity index (χ2v) is 8.62. The number of carbonyl (C=O) groups is 3. The number of aliphatic carboxylic acids is 1. The summed E-state index contributed by atoms with van der Waals surface area (Å²) in [6.45, 7) is 1.54. The van der Waals surface area contributed by atoms with Gasteiger partial charge in [-0.2, -0.15) is 13.2 Å². The van der Waals surface area contributed by atoms with Crippen molar-refractivity contribution in [2.24, 2.45) is 5.92 Å². The van der Waals surface area contributed by atoms with Crippen molar-refractivity contribution >= 4 is 18.0 Å². The second-order valence-electron chi connectivity index (χ2n) is 8.62. The van der Waals surface area contributed by atoms with Crippen LogP contribution in [-0.2, 0) is 14.3 Å². The third-order valence-corrected chi connectivity index (χ3v) is 5.86. The van der Waals surface area contributed by atoms with Crippen LogP contribution in [0.1, 0.15) is 43.2 Å². The van der Waals surface area contributed by atoms with Crippen molar-refractivity contribution in [2.75, 3.05) is 13.2 Å². The molecule has 0 bridgehead atoms. The van der Waals surface area contributed by atoms with Crippen LogP contribution in [0.4, 0.5) is 18.0 Å². The van der Waals surface area contributed by atoms with Crippen LogP contribution in [0.25, 0.3) is 11.1 Å². The van der Waals surface area contributed by atoms with E-state index in [1.54, 1.807) is 6.92 Å². The Morgan fingerprint density at radius 3 is 2.14 bits per heavy atom. The summed E-state index contributed by atoms with van der Waals surface area (Å²) in [7, 11) is 0. The number of carboxylic acid groups (broad SMARTS) is 1. The largest absolute Gasteiger partial charge is 0.481 e. The Labute approximate surface area is 200 Å². The molecule has 3 N–H and O–H groups in total. The fourth-order valence-corrected chi connectivity index (χ4v) is 4.09. The van der Waals surface area contributed by atoms with Gasteiger partial charge in [-0.3, -0.25) is 9.59 Å². The van der Waals surface area contributed by atoms with Gasteiger partial charge in [0.15, 0.2) is 0 Å². The van der Waals surface area contributed by atoms with Crippen molar-refractivity contribution in [3.8, 4) is 11.1 Å². The highest BCUT2D eigenvalue weighted by atomic mass is 19.4. The highest BCUT2D eigenvalue weighted by molar-refractivity contribution is 5.85. The van der Waals surface area contributed by atoms with Gasteiger partial charge in [-0.05, 0) is 34.6 Å². The maximum absolute atomic E-state index is 13.0. The Morgan fingerprint density at radius 2 is 1.60 bits per heavy atom. The molecule has 1 aliphatic carbocycles. The second kappa shape index (κ2) is 11.2. The molecule has 2 amide bonds. The fraction of sp³-hybridized carbons (Fsp3) is 0.400. The maximum atomic E-state index is 13.0. The van der Waals surface area contributed by atoms with Gasteiger partial charge in [0.1, 0.15) is 12.6 Å². The topological polar surface area (TPSA) is 105 Å². The van der Waals surface area contributed by atoms with Gasteiger partial charge in [-0.1, -0.05) is 55.5 Å². The van der Waals surface area contributed by atoms with E-state index >= 15 is 0 Å². The van der Waals surface area contributed by atoms with Crippen molar-refractivity contribution in [2.45, 2.75) is 44.3 Å². The third-order valence-electron chi connectivity index (χ3n) is 5.86. The molecule has 7 nitrogen and oxygen atoms in total. The molecular formula is C25H27F3N2O5. The summed E-state index contributed by atoms with van der Waals surface area (Å²) in [4.78, 5) is 35.4. The number of amides is 2. The SMILES string of the molecule is CC(CCC(=O)O)CNC(=O)C(CC(F)(F)F)NC(=O)OCC1c2ccccc2-c2ccccc21. The molecule has 188 valence electrons. The lowest BCUT2D eigenvalue weighted by atomic mass is 9.98. The van der Waals surface area contributed by atoms with E-state index in [1.165, 1.54) is 0 Å². The molecule has 0 aromatic heterocycles. The Balaban J connectivity index is 1.61.